The Bertz CT molecular complexity index is 545. The van der Waals surface area contributed by atoms with Gasteiger partial charge >= 0.3 is 0 Å². The summed E-state index contributed by atoms with van der Waals surface area (Å²) >= 11 is 1.74. The summed E-state index contributed by atoms with van der Waals surface area (Å²) in [7, 11) is 0. The van der Waals surface area contributed by atoms with E-state index in [0.717, 1.165) is 43.4 Å². The van der Waals surface area contributed by atoms with Crippen LogP contribution in [0.3, 0.4) is 0 Å². The molecule has 112 valence electrons. The minimum atomic E-state index is 0.618. The molecule has 2 aromatic rings. The van der Waals surface area contributed by atoms with Gasteiger partial charge < -0.3 is 10.1 Å². The monoisotopic (exact) mass is 295 g/mol. The van der Waals surface area contributed by atoms with Crippen LogP contribution in [0.2, 0.25) is 0 Å². The van der Waals surface area contributed by atoms with Crippen LogP contribution in [0.5, 0.6) is 0 Å². The van der Waals surface area contributed by atoms with Crippen LogP contribution in [-0.4, -0.2) is 29.1 Å². The Morgan fingerprint density at radius 3 is 2.95 bits per heavy atom. The molecule has 0 amide bonds. The maximum Gasteiger partial charge on any atom is 0.194 e. The summed E-state index contributed by atoms with van der Waals surface area (Å²) in [5.74, 6) is 0.618. The van der Waals surface area contributed by atoms with Gasteiger partial charge in [0.2, 0.25) is 0 Å². The first-order chi connectivity index (χ1) is 9.58. The largest absolute Gasteiger partial charge is 0.381 e. The molecule has 4 nitrogen and oxygen atoms in total. The number of rotatable bonds is 8. The van der Waals surface area contributed by atoms with Gasteiger partial charge in [0, 0.05) is 30.8 Å². The average molecular weight is 295 g/mol. The van der Waals surface area contributed by atoms with Gasteiger partial charge in [-0.25, -0.2) is 4.98 Å². The Morgan fingerprint density at radius 1 is 1.40 bits per heavy atom. The number of imidazole rings is 1. The van der Waals surface area contributed by atoms with Gasteiger partial charge in [0.05, 0.1) is 11.4 Å². The van der Waals surface area contributed by atoms with Crippen LogP contribution >= 0.6 is 11.3 Å². The molecule has 2 heterocycles. The van der Waals surface area contributed by atoms with Crippen LogP contribution in [0.1, 0.15) is 36.5 Å². The Morgan fingerprint density at radius 2 is 2.20 bits per heavy atom. The third-order valence-electron chi connectivity index (χ3n) is 3.13. The predicted molar refractivity (Wildman–Crippen MR) is 84.5 cm³/mol. The van der Waals surface area contributed by atoms with Crippen LogP contribution in [-0.2, 0) is 11.3 Å². The average Bonchev–Trinajstić information content (AvgIpc) is 2.84. The van der Waals surface area contributed by atoms with Crippen LogP contribution < -0.4 is 5.32 Å². The Hall–Kier alpha value is -0.910. The van der Waals surface area contributed by atoms with Gasteiger partial charge in [0.15, 0.2) is 4.96 Å². The summed E-state index contributed by atoms with van der Waals surface area (Å²) in [6.45, 7) is 12.1. The molecule has 2 aromatic heterocycles. The SMILES string of the molecule is Cc1cn2c(CNCCCOCC(C)C)c(C)nc2s1. The zero-order chi connectivity index (χ0) is 14.5. The van der Waals surface area contributed by atoms with E-state index in [9.17, 15) is 0 Å². The molecule has 0 unspecified atom stereocenters. The fraction of sp³-hybridized carbons (Fsp3) is 0.667. The molecule has 0 saturated carbocycles. The molecule has 0 fully saturated rings. The van der Waals surface area contributed by atoms with Crippen molar-refractivity contribution >= 4 is 16.3 Å². The maximum absolute atomic E-state index is 5.57. The molecular weight excluding hydrogens is 270 g/mol. The Kier molecular flexibility index (Phi) is 5.57. The summed E-state index contributed by atoms with van der Waals surface area (Å²) in [5.41, 5.74) is 2.40. The van der Waals surface area contributed by atoms with Gasteiger partial charge in [-0.15, -0.1) is 11.3 Å². The highest BCUT2D eigenvalue weighted by atomic mass is 32.1. The number of hydrogen-bond acceptors (Lipinski definition) is 4. The lowest BCUT2D eigenvalue weighted by Gasteiger charge is -2.08. The lowest BCUT2D eigenvalue weighted by molar-refractivity contribution is 0.108. The molecule has 0 aromatic carbocycles. The highest BCUT2D eigenvalue weighted by Crippen LogP contribution is 2.20. The second-order valence-electron chi connectivity index (χ2n) is 5.64. The van der Waals surface area contributed by atoms with Crippen molar-refractivity contribution in [2.45, 2.75) is 40.7 Å². The highest BCUT2D eigenvalue weighted by molar-refractivity contribution is 7.17. The van der Waals surface area contributed by atoms with Crippen molar-refractivity contribution in [3.05, 3.63) is 22.5 Å². The topological polar surface area (TPSA) is 38.6 Å². The van der Waals surface area contributed by atoms with Crippen molar-refractivity contribution < 1.29 is 4.74 Å². The molecule has 0 spiro atoms. The van der Waals surface area contributed by atoms with E-state index in [-0.39, 0.29) is 0 Å². The first kappa shape index (κ1) is 15.5. The van der Waals surface area contributed by atoms with Crippen molar-refractivity contribution in [1.82, 2.24) is 14.7 Å². The lowest BCUT2D eigenvalue weighted by atomic mass is 10.2. The number of ether oxygens (including phenoxy) is 1. The fourth-order valence-electron chi connectivity index (χ4n) is 2.15. The minimum absolute atomic E-state index is 0.618. The van der Waals surface area contributed by atoms with E-state index in [2.05, 4.69) is 48.6 Å². The number of aryl methyl sites for hydroxylation is 2. The minimum Gasteiger partial charge on any atom is -0.381 e. The zero-order valence-electron chi connectivity index (χ0n) is 12.9. The summed E-state index contributed by atoms with van der Waals surface area (Å²) < 4.78 is 7.78. The second kappa shape index (κ2) is 7.20. The van der Waals surface area contributed by atoms with Crippen molar-refractivity contribution in [2.75, 3.05) is 19.8 Å². The molecule has 0 aliphatic heterocycles. The molecular formula is C15H25N3OS. The maximum atomic E-state index is 5.57. The number of aromatic nitrogens is 2. The van der Waals surface area contributed by atoms with E-state index >= 15 is 0 Å². The van der Waals surface area contributed by atoms with E-state index < -0.39 is 0 Å². The van der Waals surface area contributed by atoms with Crippen molar-refractivity contribution in [3.63, 3.8) is 0 Å². The van der Waals surface area contributed by atoms with Crippen LogP contribution in [0, 0.1) is 19.8 Å². The lowest BCUT2D eigenvalue weighted by Crippen LogP contribution is -2.18. The highest BCUT2D eigenvalue weighted by Gasteiger charge is 2.10. The van der Waals surface area contributed by atoms with Gasteiger partial charge in [-0.2, -0.15) is 0 Å². The standard InChI is InChI=1S/C15H25N3OS/c1-11(2)10-19-7-5-6-16-8-14-13(4)17-15-18(14)9-12(3)20-15/h9,11,16H,5-8,10H2,1-4H3. The van der Waals surface area contributed by atoms with Crippen LogP contribution in [0.15, 0.2) is 6.20 Å². The van der Waals surface area contributed by atoms with E-state index in [0.29, 0.717) is 5.92 Å². The van der Waals surface area contributed by atoms with E-state index in [1.807, 2.05) is 0 Å². The first-order valence-electron chi connectivity index (χ1n) is 7.30. The van der Waals surface area contributed by atoms with E-state index in [4.69, 9.17) is 4.74 Å². The second-order valence-corrected chi connectivity index (χ2v) is 6.85. The summed E-state index contributed by atoms with van der Waals surface area (Å²) in [4.78, 5) is 6.99. The molecule has 0 aliphatic carbocycles. The molecule has 1 N–H and O–H groups in total. The third kappa shape index (κ3) is 4.04. The van der Waals surface area contributed by atoms with Crippen LogP contribution in [0.4, 0.5) is 0 Å². The van der Waals surface area contributed by atoms with Gasteiger partial charge in [-0.05, 0) is 32.7 Å². The van der Waals surface area contributed by atoms with Gasteiger partial charge in [0.1, 0.15) is 0 Å². The summed E-state index contributed by atoms with van der Waals surface area (Å²) in [6, 6.07) is 0. The molecule has 2 rings (SSSR count). The Labute approximate surface area is 125 Å². The summed E-state index contributed by atoms with van der Waals surface area (Å²) in [6.07, 6.45) is 3.22. The smallest absolute Gasteiger partial charge is 0.194 e. The quantitative estimate of drug-likeness (QED) is 0.760. The van der Waals surface area contributed by atoms with Gasteiger partial charge in [0.25, 0.3) is 0 Å². The van der Waals surface area contributed by atoms with Crippen molar-refractivity contribution in [3.8, 4) is 0 Å². The van der Waals surface area contributed by atoms with E-state index in [1.54, 1.807) is 11.3 Å². The van der Waals surface area contributed by atoms with Gasteiger partial charge in [-0.3, -0.25) is 4.40 Å². The number of thiazole rings is 1. The molecule has 0 aliphatic rings. The number of fused-ring (bicyclic) bond motifs is 1. The normalized spacial score (nSPS) is 11.8. The Balaban J connectivity index is 1.74. The zero-order valence-corrected chi connectivity index (χ0v) is 13.7. The number of nitrogens with zero attached hydrogens (tertiary/aromatic N) is 2. The number of nitrogens with one attached hydrogen (secondary N) is 1. The molecule has 20 heavy (non-hydrogen) atoms. The van der Waals surface area contributed by atoms with Crippen molar-refractivity contribution in [2.24, 2.45) is 5.92 Å². The van der Waals surface area contributed by atoms with Crippen LogP contribution in [0.25, 0.3) is 4.96 Å². The molecule has 0 atom stereocenters. The fourth-order valence-corrected chi connectivity index (χ4v) is 3.04. The third-order valence-corrected chi connectivity index (χ3v) is 4.02. The van der Waals surface area contributed by atoms with E-state index in [1.165, 1.54) is 10.6 Å². The molecule has 0 bridgehead atoms. The molecule has 5 heteroatoms. The molecule has 0 saturated heterocycles. The first-order valence-corrected chi connectivity index (χ1v) is 8.12. The number of hydrogen-bond donors (Lipinski definition) is 1. The van der Waals surface area contributed by atoms with Gasteiger partial charge in [-0.1, -0.05) is 13.8 Å². The predicted octanol–water partition coefficient (Wildman–Crippen LogP) is 3.16. The van der Waals surface area contributed by atoms with Crippen molar-refractivity contribution in [1.29, 1.82) is 0 Å². The molecule has 0 radical (unpaired) electrons. The summed E-state index contributed by atoms with van der Waals surface area (Å²) in [5, 5.41) is 3.48.